The predicted molar refractivity (Wildman–Crippen MR) is 120 cm³/mol. The summed E-state index contributed by atoms with van der Waals surface area (Å²) in [6, 6.07) is 11.7. The van der Waals surface area contributed by atoms with Gasteiger partial charge in [-0.05, 0) is 43.7 Å². The Kier molecular flexibility index (Phi) is 8.72. The second-order valence-corrected chi connectivity index (χ2v) is 6.74. The van der Waals surface area contributed by atoms with Crippen LogP contribution in [0.3, 0.4) is 0 Å². The van der Waals surface area contributed by atoms with Crippen LogP contribution in [-0.2, 0) is 0 Å². The Morgan fingerprint density at radius 3 is 2.96 bits per heavy atom. The summed E-state index contributed by atoms with van der Waals surface area (Å²) in [5, 5.41) is 17.6. The van der Waals surface area contributed by atoms with Gasteiger partial charge in [0.05, 0.1) is 12.8 Å². The van der Waals surface area contributed by atoms with Gasteiger partial charge in [-0.1, -0.05) is 17.7 Å². The van der Waals surface area contributed by atoms with Gasteiger partial charge in [-0.25, -0.2) is 0 Å². The predicted octanol–water partition coefficient (Wildman–Crippen LogP) is 3.42. The van der Waals surface area contributed by atoms with Crippen LogP contribution in [-0.4, -0.2) is 43.3 Å². The third-order valence-electron chi connectivity index (χ3n) is 4.34. The quantitative estimate of drug-likeness (QED) is 0.319. The number of rotatable bonds is 6. The highest BCUT2D eigenvalue weighted by atomic mass is 127. The Morgan fingerprint density at radius 1 is 1.41 bits per heavy atom. The molecule has 3 rings (SSSR count). The van der Waals surface area contributed by atoms with E-state index in [0.29, 0.717) is 11.7 Å². The van der Waals surface area contributed by atoms with Crippen LogP contribution < -0.4 is 15.5 Å². The average Bonchev–Trinajstić information content (AvgIpc) is 3.31. The summed E-state index contributed by atoms with van der Waals surface area (Å²) in [4.78, 5) is 6.80. The Morgan fingerprint density at radius 2 is 2.26 bits per heavy atom. The number of aliphatic hydroxyl groups excluding tert-OH is 1. The highest BCUT2D eigenvalue weighted by Crippen LogP contribution is 2.23. The monoisotopic (exact) mass is 504 g/mol. The molecule has 0 saturated carbocycles. The zero-order valence-electron chi connectivity index (χ0n) is 15.3. The maximum Gasteiger partial charge on any atom is 0.191 e. The van der Waals surface area contributed by atoms with Gasteiger partial charge in [-0.3, -0.25) is 4.99 Å². The maximum absolute atomic E-state index is 10.1. The van der Waals surface area contributed by atoms with Crippen LogP contribution in [0.1, 0.15) is 25.2 Å². The topological polar surface area (TPSA) is 73.0 Å². The Bertz CT molecular complexity index is 726. The summed E-state index contributed by atoms with van der Waals surface area (Å²) in [6.45, 7) is 4.87. The molecule has 1 aliphatic heterocycles. The fourth-order valence-corrected chi connectivity index (χ4v) is 3.23. The second-order valence-electron chi connectivity index (χ2n) is 6.31. The van der Waals surface area contributed by atoms with E-state index in [4.69, 9.17) is 16.0 Å². The third-order valence-corrected chi connectivity index (χ3v) is 4.58. The third kappa shape index (κ3) is 6.29. The normalized spacial score (nSPS) is 18.1. The molecule has 8 heteroatoms. The summed E-state index contributed by atoms with van der Waals surface area (Å²) in [5.41, 5.74) is 1.14. The molecule has 6 nitrogen and oxygen atoms in total. The minimum atomic E-state index is -0.744. The van der Waals surface area contributed by atoms with Crippen molar-refractivity contribution in [2.75, 3.05) is 31.1 Å². The SMILES string of the molecule is CCNC(=NCC(O)c1ccco1)NC1CCN(c2cccc(Cl)c2)C1.I. The van der Waals surface area contributed by atoms with Crippen LogP contribution in [0.5, 0.6) is 0 Å². The van der Waals surface area contributed by atoms with E-state index in [1.807, 2.05) is 25.1 Å². The van der Waals surface area contributed by atoms with E-state index in [0.717, 1.165) is 36.8 Å². The molecule has 3 N–H and O–H groups in total. The summed E-state index contributed by atoms with van der Waals surface area (Å²) < 4.78 is 5.22. The summed E-state index contributed by atoms with van der Waals surface area (Å²) >= 11 is 6.10. The van der Waals surface area contributed by atoms with Gasteiger partial charge >= 0.3 is 0 Å². The van der Waals surface area contributed by atoms with Crippen LogP contribution in [0.4, 0.5) is 5.69 Å². The first-order chi connectivity index (χ1) is 12.7. The Hall–Kier alpha value is -1.45. The van der Waals surface area contributed by atoms with E-state index < -0.39 is 6.10 Å². The first-order valence-electron chi connectivity index (χ1n) is 8.92. The van der Waals surface area contributed by atoms with Gasteiger partial charge in [0, 0.05) is 36.4 Å². The number of nitrogens with zero attached hydrogens (tertiary/aromatic N) is 2. The number of furan rings is 1. The van der Waals surface area contributed by atoms with E-state index >= 15 is 0 Å². The number of benzene rings is 1. The Balaban J connectivity index is 0.00000261. The fourth-order valence-electron chi connectivity index (χ4n) is 3.05. The lowest BCUT2D eigenvalue weighted by Crippen LogP contribution is -2.44. The molecule has 0 amide bonds. The van der Waals surface area contributed by atoms with E-state index in [-0.39, 0.29) is 36.6 Å². The van der Waals surface area contributed by atoms with Gasteiger partial charge in [-0.2, -0.15) is 0 Å². The Labute approximate surface area is 182 Å². The first kappa shape index (κ1) is 21.8. The van der Waals surface area contributed by atoms with Crippen molar-refractivity contribution in [1.29, 1.82) is 0 Å². The van der Waals surface area contributed by atoms with Crippen molar-refractivity contribution < 1.29 is 9.52 Å². The van der Waals surface area contributed by atoms with Gasteiger partial charge in [0.2, 0.25) is 0 Å². The number of guanidine groups is 1. The van der Waals surface area contributed by atoms with Crippen molar-refractivity contribution in [2.45, 2.75) is 25.5 Å². The van der Waals surface area contributed by atoms with Crippen LogP contribution in [0.15, 0.2) is 52.1 Å². The number of hydrogen-bond acceptors (Lipinski definition) is 4. The molecule has 1 aliphatic rings. The lowest BCUT2D eigenvalue weighted by molar-refractivity contribution is 0.158. The fraction of sp³-hybridized carbons (Fsp3) is 0.421. The number of anilines is 1. The number of halogens is 2. The molecule has 1 aromatic carbocycles. The molecule has 0 bridgehead atoms. The number of aliphatic imine (C=N–C) groups is 1. The molecule has 2 atom stereocenters. The van der Waals surface area contributed by atoms with E-state index in [1.54, 1.807) is 18.4 Å². The minimum Gasteiger partial charge on any atom is -0.467 e. The molecule has 2 unspecified atom stereocenters. The molecule has 148 valence electrons. The summed E-state index contributed by atoms with van der Waals surface area (Å²) in [7, 11) is 0. The molecule has 0 aliphatic carbocycles. The lowest BCUT2D eigenvalue weighted by atomic mass is 10.2. The maximum atomic E-state index is 10.1. The number of aliphatic hydroxyl groups is 1. The lowest BCUT2D eigenvalue weighted by Gasteiger charge is -2.20. The van der Waals surface area contributed by atoms with Gasteiger partial charge in [0.25, 0.3) is 0 Å². The second kappa shape index (κ2) is 10.8. The number of hydrogen-bond donors (Lipinski definition) is 3. The average molecular weight is 505 g/mol. The van der Waals surface area contributed by atoms with Gasteiger partial charge < -0.3 is 25.1 Å². The zero-order chi connectivity index (χ0) is 18.4. The largest absolute Gasteiger partial charge is 0.467 e. The van der Waals surface area contributed by atoms with Gasteiger partial charge in [0.1, 0.15) is 11.9 Å². The highest BCUT2D eigenvalue weighted by Gasteiger charge is 2.23. The van der Waals surface area contributed by atoms with E-state index in [2.05, 4.69) is 26.6 Å². The zero-order valence-corrected chi connectivity index (χ0v) is 18.4. The molecule has 2 aromatic rings. The van der Waals surface area contributed by atoms with Crippen LogP contribution >= 0.6 is 35.6 Å². The molecule has 1 fully saturated rings. The molecule has 2 heterocycles. The van der Waals surface area contributed by atoms with E-state index in [9.17, 15) is 5.11 Å². The van der Waals surface area contributed by atoms with E-state index in [1.165, 1.54) is 0 Å². The van der Waals surface area contributed by atoms with Crippen LogP contribution in [0.25, 0.3) is 0 Å². The molecule has 1 saturated heterocycles. The number of nitrogens with one attached hydrogen (secondary N) is 2. The minimum absolute atomic E-state index is 0. The van der Waals surface area contributed by atoms with Crippen molar-refractivity contribution in [1.82, 2.24) is 10.6 Å². The smallest absolute Gasteiger partial charge is 0.191 e. The van der Waals surface area contributed by atoms with Crippen molar-refractivity contribution in [3.05, 3.63) is 53.4 Å². The van der Waals surface area contributed by atoms with Gasteiger partial charge in [0.15, 0.2) is 5.96 Å². The molecule has 0 radical (unpaired) electrons. The van der Waals surface area contributed by atoms with Crippen molar-refractivity contribution >= 4 is 47.2 Å². The molecular formula is C19H26ClIN4O2. The molecule has 1 aromatic heterocycles. The highest BCUT2D eigenvalue weighted by molar-refractivity contribution is 14.0. The van der Waals surface area contributed by atoms with Gasteiger partial charge in [-0.15, -0.1) is 24.0 Å². The van der Waals surface area contributed by atoms with Crippen molar-refractivity contribution in [3.8, 4) is 0 Å². The first-order valence-corrected chi connectivity index (χ1v) is 9.30. The summed E-state index contributed by atoms with van der Waals surface area (Å²) in [5.74, 6) is 1.23. The summed E-state index contributed by atoms with van der Waals surface area (Å²) in [6.07, 6.45) is 1.82. The van der Waals surface area contributed by atoms with Crippen LogP contribution in [0, 0.1) is 0 Å². The standard InChI is InChI=1S/C19H25ClN4O2.HI/c1-2-21-19(22-12-17(25)18-7-4-10-26-18)23-15-8-9-24(13-15)16-6-3-5-14(20)11-16;/h3-7,10-11,15,17,25H,2,8-9,12-13H2,1H3,(H2,21,22,23);1H. The molecule has 27 heavy (non-hydrogen) atoms. The van der Waals surface area contributed by atoms with Crippen molar-refractivity contribution in [2.24, 2.45) is 4.99 Å². The van der Waals surface area contributed by atoms with Crippen molar-refractivity contribution in [3.63, 3.8) is 0 Å². The molecule has 0 spiro atoms. The van der Waals surface area contributed by atoms with Crippen LogP contribution in [0.2, 0.25) is 5.02 Å². The molecular weight excluding hydrogens is 479 g/mol.